The quantitative estimate of drug-likeness (QED) is 0.590. The van der Waals surface area contributed by atoms with Crippen LogP contribution in [0.5, 0.6) is 5.75 Å². The van der Waals surface area contributed by atoms with E-state index in [1.165, 1.54) is 25.3 Å². The number of ether oxygens (including phenoxy) is 2. The Bertz CT molecular complexity index is 877. The van der Waals surface area contributed by atoms with Crippen LogP contribution in [0.4, 0.5) is 0 Å². The zero-order chi connectivity index (χ0) is 20.7. The van der Waals surface area contributed by atoms with Crippen LogP contribution in [0.25, 0.3) is 0 Å². The molecule has 0 aliphatic rings. The minimum Gasteiger partial charge on any atom is -0.483 e. The average molecular weight is 384 g/mol. The Morgan fingerprint density at radius 2 is 1.71 bits per heavy atom. The Balaban J connectivity index is 1.92. The fraction of sp³-hybridized carbons (Fsp3) is 0.286. The molecule has 2 rings (SSSR count). The van der Waals surface area contributed by atoms with Crippen molar-refractivity contribution < 1.29 is 23.9 Å². The Kier molecular flexibility index (Phi) is 7.14. The van der Waals surface area contributed by atoms with Gasteiger partial charge < -0.3 is 9.47 Å². The second-order valence-electron chi connectivity index (χ2n) is 6.56. The molecule has 0 spiro atoms. The number of rotatable bonds is 6. The Hall–Kier alpha value is -3.35. The number of methoxy groups -OCH3 is 1. The van der Waals surface area contributed by atoms with E-state index in [4.69, 9.17) is 4.74 Å². The standard InChI is InChI=1S/C21H24N2O5/c1-13(2)17-9-8-14(3)10-18(17)28-12-19(24)22-23-20(25)15-6-5-7-16(11-15)21(26)27-4/h5-11,13H,12H2,1-4H3,(H,22,24)(H,23,25). The summed E-state index contributed by atoms with van der Waals surface area (Å²) < 4.78 is 10.2. The number of hydrogen-bond acceptors (Lipinski definition) is 5. The van der Waals surface area contributed by atoms with E-state index >= 15 is 0 Å². The lowest BCUT2D eigenvalue weighted by atomic mass is 10.0. The van der Waals surface area contributed by atoms with Crippen LogP contribution < -0.4 is 15.6 Å². The van der Waals surface area contributed by atoms with E-state index < -0.39 is 17.8 Å². The summed E-state index contributed by atoms with van der Waals surface area (Å²) in [6.45, 7) is 5.78. The summed E-state index contributed by atoms with van der Waals surface area (Å²) in [4.78, 5) is 35.7. The molecule has 0 radical (unpaired) electrons. The monoisotopic (exact) mass is 384 g/mol. The highest BCUT2D eigenvalue weighted by molar-refractivity contribution is 5.98. The molecule has 28 heavy (non-hydrogen) atoms. The number of carbonyl (C=O) groups is 3. The highest BCUT2D eigenvalue weighted by Crippen LogP contribution is 2.27. The first-order chi connectivity index (χ1) is 13.3. The number of nitrogens with one attached hydrogen (secondary N) is 2. The van der Waals surface area contributed by atoms with Gasteiger partial charge in [-0.15, -0.1) is 0 Å². The van der Waals surface area contributed by atoms with Crippen LogP contribution in [-0.4, -0.2) is 31.5 Å². The second-order valence-corrected chi connectivity index (χ2v) is 6.56. The predicted octanol–water partition coefficient (Wildman–Crippen LogP) is 2.75. The van der Waals surface area contributed by atoms with Gasteiger partial charge >= 0.3 is 5.97 Å². The van der Waals surface area contributed by atoms with Crippen LogP contribution in [0.2, 0.25) is 0 Å². The number of carbonyl (C=O) groups excluding carboxylic acids is 3. The molecule has 2 aromatic carbocycles. The van der Waals surface area contributed by atoms with Crippen molar-refractivity contribution >= 4 is 17.8 Å². The average Bonchev–Trinajstić information content (AvgIpc) is 2.69. The molecule has 0 aliphatic carbocycles. The molecule has 0 bridgehead atoms. The van der Waals surface area contributed by atoms with E-state index in [1.54, 1.807) is 6.07 Å². The van der Waals surface area contributed by atoms with Gasteiger partial charge in [0, 0.05) is 5.56 Å². The van der Waals surface area contributed by atoms with Crippen molar-refractivity contribution in [1.82, 2.24) is 10.9 Å². The largest absolute Gasteiger partial charge is 0.483 e. The molecule has 0 atom stereocenters. The van der Waals surface area contributed by atoms with E-state index in [0.717, 1.165) is 11.1 Å². The topological polar surface area (TPSA) is 93.7 Å². The molecular formula is C21H24N2O5. The lowest BCUT2D eigenvalue weighted by molar-refractivity contribution is -0.123. The van der Waals surface area contributed by atoms with Gasteiger partial charge in [-0.2, -0.15) is 0 Å². The van der Waals surface area contributed by atoms with Crippen LogP contribution in [0.1, 0.15) is 51.6 Å². The minimum atomic E-state index is -0.558. The first kappa shape index (κ1) is 21.0. The van der Waals surface area contributed by atoms with Crippen molar-refractivity contribution in [1.29, 1.82) is 0 Å². The SMILES string of the molecule is COC(=O)c1cccc(C(=O)NNC(=O)COc2cc(C)ccc2C(C)C)c1. The van der Waals surface area contributed by atoms with Crippen LogP contribution >= 0.6 is 0 Å². The summed E-state index contributed by atoms with van der Waals surface area (Å²) in [6.07, 6.45) is 0. The Morgan fingerprint density at radius 1 is 1.00 bits per heavy atom. The van der Waals surface area contributed by atoms with Crippen molar-refractivity contribution in [2.24, 2.45) is 0 Å². The van der Waals surface area contributed by atoms with Crippen molar-refractivity contribution in [3.05, 3.63) is 64.7 Å². The molecular weight excluding hydrogens is 360 g/mol. The third-order valence-electron chi connectivity index (χ3n) is 4.01. The maximum Gasteiger partial charge on any atom is 0.337 e. The van der Waals surface area contributed by atoms with E-state index in [9.17, 15) is 14.4 Å². The van der Waals surface area contributed by atoms with Crippen LogP contribution in [0.15, 0.2) is 42.5 Å². The Morgan fingerprint density at radius 3 is 2.39 bits per heavy atom. The fourth-order valence-corrected chi connectivity index (χ4v) is 2.53. The zero-order valence-electron chi connectivity index (χ0n) is 16.4. The summed E-state index contributed by atoms with van der Waals surface area (Å²) in [5, 5.41) is 0. The molecule has 0 heterocycles. The molecule has 148 valence electrons. The smallest absolute Gasteiger partial charge is 0.337 e. The zero-order valence-corrected chi connectivity index (χ0v) is 16.4. The summed E-state index contributed by atoms with van der Waals surface area (Å²) in [6, 6.07) is 11.8. The summed E-state index contributed by atoms with van der Waals surface area (Å²) in [7, 11) is 1.26. The highest BCUT2D eigenvalue weighted by Gasteiger charge is 2.13. The van der Waals surface area contributed by atoms with Gasteiger partial charge in [-0.25, -0.2) is 4.79 Å². The van der Waals surface area contributed by atoms with E-state index in [-0.39, 0.29) is 23.7 Å². The molecule has 0 saturated heterocycles. The van der Waals surface area contributed by atoms with Gasteiger partial charge in [-0.1, -0.05) is 32.0 Å². The number of amides is 2. The second kappa shape index (κ2) is 9.55. The van der Waals surface area contributed by atoms with Gasteiger partial charge in [-0.05, 0) is 48.2 Å². The third-order valence-corrected chi connectivity index (χ3v) is 4.01. The first-order valence-corrected chi connectivity index (χ1v) is 8.82. The lowest BCUT2D eigenvalue weighted by Crippen LogP contribution is -2.43. The molecule has 0 aromatic heterocycles. The normalized spacial score (nSPS) is 10.3. The van der Waals surface area contributed by atoms with Crippen LogP contribution in [0.3, 0.4) is 0 Å². The van der Waals surface area contributed by atoms with Crippen molar-refractivity contribution in [3.63, 3.8) is 0 Å². The summed E-state index contributed by atoms with van der Waals surface area (Å²) >= 11 is 0. The molecule has 2 N–H and O–H groups in total. The van der Waals surface area contributed by atoms with Crippen LogP contribution in [0, 0.1) is 6.92 Å². The molecule has 0 saturated carbocycles. The Labute approximate surface area is 164 Å². The predicted molar refractivity (Wildman–Crippen MR) is 104 cm³/mol. The highest BCUT2D eigenvalue weighted by atomic mass is 16.5. The van der Waals surface area contributed by atoms with Crippen molar-refractivity contribution in [2.75, 3.05) is 13.7 Å². The first-order valence-electron chi connectivity index (χ1n) is 8.82. The fourth-order valence-electron chi connectivity index (χ4n) is 2.53. The molecule has 7 nitrogen and oxygen atoms in total. The third kappa shape index (κ3) is 5.57. The molecule has 0 aliphatic heterocycles. The van der Waals surface area contributed by atoms with Crippen molar-refractivity contribution in [2.45, 2.75) is 26.7 Å². The maximum atomic E-state index is 12.2. The van der Waals surface area contributed by atoms with E-state index in [0.29, 0.717) is 5.75 Å². The van der Waals surface area contributed by atoms with Crippen LogP contribution in [-0.2, 0) is 9.53 Å². The summed E-state index contributed by atoms with van der Waals surface area (Å²) in [5.74, 6) is -0.722. The number of hydrazine groups is 1. The van der Waals surface area contributed by atoms with E-state index in [2.05, 4.69) is 15.6 Å². The molecule has 0 unspecified atom stereocenters. The molecule has 7 heteroatoms. The molecule has 0 fully saturated rings. The van der Waals surface area contributed by atoms with Gasteiger partial charge in [0.25, 0.3) is 11.8 Å². The van der Waals surface area contributed by atoms with Gasteiger partial charge in [-0.3, -0.25) is 20.4 Å². The van der Waals surface area contributed by atoms with Gasteiger partial charge in [0.2, 0.25) is 0 Å². The lowest BCUT2D eigenvalue weighted by Gasteiger charge is -2.15. The number of aryl methyl sites for hydroxylation is 1. The number of hydrogen-bond donors (Lipinski definition) is 2. The maximum absolute atomic E-state index is 12.2. The van der Waals surface area contributed by atoms with Gasteiger partial charge in [0.05, 0.1) is 12.7 Å². The summed E-state index contributed by atoms with van der Waals surface area (Å²) in [5.41, 5.74) is 7.08. The molecule has 2 aromatic rings. The van der Waals surface area contributed by atoms with Gasteiger partial charge in [0.1, 0.15) is 5.75 Å². The number of benzene rings is 2. The molecule has 2 amide bonds. The number of esters is 1. The van der Waals surface area contributed by atoms with Gasteiger partial charge in [0.15, 0.2) is 6.61 Å². The van der Waals surface area contributed by atoms with E-state index in [1.807, 2.05) is 39.0 Å². The minimum absolute atomic E-state index is 0.213. The van der Waals surface area contributed by atoms with Crippen molar-refractivity contribution in [3.8, 4) is 5.75 Å².